The van der Waals surface area contributed by atoms with Crippen LogP contribution in [0.3, 0.4) is 0 Å². The molecule has 2 N–H and O–H groups in total. The summed E-state index contributed by atoms with van der Waals surface area (Å²) in [6.45, 7) is 0. The molecule has 3 heteroatoms. The number of nitrogens with zero attached hydrogens (tertiary/aromatic N) is 2. The molecule has 1 aromatic rings. The van der Waals surface area contributed by atoms with Crippen LogP contribution in [0.1, 0.15) is 50.1 Å². The van der Waals surface area contributed by atoms with Crippen LogP contribution < -0.4 is 5.73 Å². The maximum atomic E-state index is 6.26. The van der Waals surface area contributed by atoms with Crippen molar-refractivity contribution in [2.75, 3.05) is 0 Å². The highest BCUT2D eigenvalue weighted by Crippen LogP contribution is 2.31. The van der Waals surface area contributed by atoms with Gasteiger partial charge < -0.3 is 5.73 Å². The van der Waals surface area contributed by atoms with E-state index in [-0.39, 0.29) is 6.04 Å². The summed E-state index contributed by atoms with van der Waals surface area (Å²) < 4.78 is 0. The molecule has 15 heavy (non-hydrogen) atoms. The first-order valence-electron chi connectivity index (χ1n) is 5.88. The summed E-state index contributed by atoms with van der Waals surface area (Å²) in [4.78, 5) is 8.07. The molecular weight excluding hydrogens is 186 g/mol. The van der Waals surface area contributed by atoms with E-state index in [1.54, 1.807) is 6.33 Å². The van der Waals surface area contributed by atoms with Gasteiger partial charge in [-0.05, 0) is 18.8 Å². The predicted molar refractivity (Wildman–Crippen MR) is 60.2 cm³/mol. The zero-order valence-corrected chi connectivity index (χ0v) is 9.10. The molecule has 0 aliphatic heterocycles. The second-order valence-corrected chi connectivity index (χ2v) is 4.45. The maximum absolute atomic E-state index is 6.26. The first-order chi connectivity index (χ1) is 7.38. The van der Waals surface area contributed by atoms with Crippen molar-refractivity contribution in [1.82, 2.24) is 9.97 Å². The van der Waals surface area contributed by atoms with Crippen LogP contribution in [0.15, 0.2) is 18.7 Å². The summed E-state index contributed by atoms with van der Waals surface area (Å²) in [6.07, 6.45) is 13.2. The van der Waals surface area contributed by atoms with E-state index in [9.17, 15) is 0 Å². The first kappa shape index (κ1) is 10.6. The van der Waals surface area contributed by atoms with E-state index in [2.05, 4.69) is 9.97 Å². The van der Waals surface area contributed by atoms with Gasteiger partial charge >= 0.3 is 0 Å². The van der Waals surface area contributed by atoms with Crippen LogP contribution in [0.2, 0.25) is 0 Å². The summed E-state index contributed by atoms with van der Waals surface area (Å²) >= 11 is 0. The highest BCUT2D eigenvalue weighted by atomic mass is 14.8. The summed E-state index contributed by atoms with van der Waals surface area (Å²) in [7, 11) is 0. The molecule has 82 valence electrons. The third kappa shape index (κ3) is 2.75. The third-order valence-electron chi connectivity index (χ3n) is 3.37. The van der Waals surface area contributed by atoms with Crippen molar-refractivity contribution >= 4 is 0 Å². The Morgan fingerprint density at radius 1 is 1.07 bits per heavy atom. The van der Waals surface area contributed by atoms with E-state index in [0.29, 0.717) is 5.92 Å². The molecule has 3 nitrogen and oxygen atoms in total. The molecule has 1 atom stereocenters. The van der Waals surface area contributed by atoms with Crippen molar-refractivity contribution in [3.8, 4) is 0 Å². The topological polar surface area (TPSA) is 51.8 Å². The number of hydrogen-bond acceptors (Lipinski definition) is 3. The Morgan fingerprint density at radius 3 is 2.27 bits per heavy atom. The summed E-state index contributed by atoms with van der Waals surface area (Å²) in [5, 5.41) is 0. The molecule has 0 spiro atoms. The van der Waals surface area contributed by atoms with Gasteiger partial charge in [-0.3, -0.25) is 0 Å². The lowest BCUT2D eigenvalue weighted by atomic mass is 9.89. The van der Waals surface area contributed by atoms with Crippen molar-refractivity contribution in [2.45, 2.75) is 44.6 Å². The average Bonchev–Trinajstić information content (AvgIpc) is 2.58. The normalized spacial score (nSPS) is 20.9. The average molecular weight is 205 g/mol. The Balaban J connectivity index is 2.03. The second kappa shape index (κ2) is 5.21. The zero-order valence-electron chi connectivity index (χ0n) is 9.10. The number of aromatic nitrogens is 2. The molecule has 1 aliphatic rings. The highest BCUT2D eigenvalue weighted by molar-refractivity contribution is 5.09. The summed E-state index contributed by atoms with van der Waals surface area (Å²) in [5.41, 5.74) is 7.35. The molecule has 0 saturated heterocycles. The van der Waals surface area contributed by atoms with Gasteiger partial charge in [-0.1, -0.05) is 25.7 Å². The first-order valence-corrected chi connectivity index (χ1v) is 5.88. The van der Waals surface area contributed by atoms with Gasteiger partial charge in [0.2, 0.25) is 0 Å². The van der Waals surface area contributed by atoms with Crippen LogP contribution in [0, 0.1) is 5.92 Å². The smallest absolute Gasteiger partial charge is 0.115 e. The lowest BCUT2D eigenvalue weighted by Gasteiger charge is -2.21. The molecule has 1 heterocycles. The SMILES string of the molecule is NC(c1cncnc1)C1CCCCCC1. The highest BCUT2D eigenvalue weighted by Gasteiger charge is 2.20. The minimum Gasteiger partial charge on any atom is -0.324 e. The minimum absolute atomic E-state index is 0.129. The van der Waals surface area contributed by atoms with Gasteiger partial charge in [0.05, 0.1) is 0 Å². The lowest BCUT2D eigenvalue weighted by molar-refractivity contribution is 0.381. The van der Waals surface area contributed by atoms with Gasteiger partial charge in [0, 0.05) is 24.0 Å². The van der Waals surface area contributed by atoms with Gasteiger partial charge in [-0.2, -0.15) is 0 Å². The molecule has 0 bridgehead atoms. The minimum atomic E-state index is 0.129. The van der Waals surface area contributed by atoms with Gasteiger partial charge in [0.1, 0.15) is 6.33 Å². The van der Waals surface area contributed by atoms with E-state index in [4.69, 9.17) is 5.73 Å². The van der Waals surface area contributed by atoms with Gasteiger partial charge in [-0.15, -0.1) is 0 Å². The van der Waals surface area contributed by atoms with Crippen LogP contribution in [-0.4, -0.2) is 9.97 Å². The molecule has 1 aromatic heterocycles. The Morgan fingerprint density at radius 2 is 1.67 bits per heavy atom. The van der Waals surface area contributed by atoms with Crippen LogP contribution in [0.25, 0.3) is 0 Å². The van der Waals surface area contributed by atoms with Crippen LogP contribution in [0.5, 0.6) is 0 Å². The Bertz CT molecular complexity index is 278. The van der Waals surface area contributed by atoms with Crippen molar-refractivity contribution < 1.29 is 0 Å². The van der Waals surface area contributed by atoms with E-state index in [1.165, 1.54) is 38.5 Å². The lowest BCUT2D eigenvalue weighted by Crippen LogP contribution is -2.21. The molecule has 0 aromatic carbocycles. The van der Waals surface area contributed by atoms with E-state index in [1.807, 2.05) is 12.4 Å². The monoisotopic (exact) mass is 205 g/mol. The van der Waals surface area contributed by atoms with E-state index in [0.717, 1.165) is 5.56 Å². The molecule has 1 fully saturated rings. The zero-order chi connectivity index (χ0) is 10.5. The van der Waals surface area contributed by atoms with Crippen molar-refractivity contribution in [2.24, 2.45) is 11.7 Å². The quantitative estimate of drug-likeness (QED) is 0.754. The Kier molecular flexibility index (Phi) is 3.67. The fourth-order valence-electron chi connectivity index (χ4n) is 2.42. The molecule has 0 radical (unpaired) electrons. The standard InChI is InChI=1S/C12H19N3/c13-12(11-7-14-9-15-8-11)10-5-3-1-2-4-6-10/h7-10,12H,1-6,13H2. The second-order valence-electron chi connectivity index (χ2n) is 4.45. The van der Waals surface area contributed by atoms with Gasteiger partial charge in [0.25, 0.3) is 0 Å². The van der Waals surface area contributed by atoms with Crippen LogP contribution >= 0.6 is 0 Å². The fraction of sp³-hybridized carbons (Fsp3) is 0.667. The summed E-state index contributed by atoms with van der Waals surface area (Å²) in [6, 6.07) is 0.129. The molecule has 1 unspecified atom stereocenters. The molecular formula is C12H19N3. The largest absolute Gasteiger partial charge is 0.324 e. The Labute approximate surface area is 91.1 Å². The molecule has 1 aliphatic carbocycles. The predicted octanol–water partition coefficient (Wildman–Crippen LogP) is 2.45. The van der Waals surface area contributed by atoms with Crippen molar-refractivity contribution in [3.05, 3.63) is 24.3 Å². The third-order valence-corrected chi connectivity index (χ3v) is 3.37. The maximum Gasteiger partial charge on any atom is 0.115 e. The Hall–Kier alpha value is -0.960. The van der Waals surface area contributed by atoms with Gasteiger partial charge in [0.15, 0.2) is 0 Å². The summed E-state index contributed by atoms with van der Waals surface area (Å²) in [5.74, 6) is 0.624. The molecule has 0 amide bonds. The number of rotatable bonds is 2. The number of nitrogens with two attached hydrogens (primary N) is 1. The van der Waals surface area contributed by atoms with Gasteiger partial charge in [-0.25, -0.2) is 9.97 Å². The van der Waals surface area contributed by atoms with Crippen molar-refractivity contribution in [3.63, 3.8) is 0 Å². The molecule has 1 saturated carbocycles. The van der Waals surface area contributed by atoms with Crippen molar-refractivity contribution in [1.29, 1.82) is 0 Å². The van der Waals surface area contributed by atoms with Crippen LogP contribution in [-0.2, 0) is 0 Å². The number of hydrogen-bond donors (Lipinski definition) is 1. The van der Waals surface area contributed by atoms with Crippen LogP contribution in [0.4, 0.5) is 0 Å². The fourth-order valence-corrected chi connectivity index (χ4v) is 2.42. The van der Waals surface area contributed by atoms with E-state index < -0.39 is 0 Å². The van der Waals surface area contributed by atoms with E-state index >= 15 is 0 Å². The molecule has 2 rings (SSSR count).